The van der Waals surface area contributed by atoms with Crippen molar-refractivity contribution in [3.05, 3.63) is 81.1 Å². The van der Waals surface area contributed by atoms with Crippen molar-refractivity contribution in [2.75, 3.05) is 31.1 Å². The third-order valence-electron chi connectivity index (χ3n) is 5.45. The number of aryl methyl sites for hydroxylation is 1. The lowest BCUT2D eigenvalue weighted by molar-refractivity contribution is -0.914. The smallest absolute Gasteiger partial charge is 0.269 e. The van der Waals surface area contributed by atoms with Gasteiger partial charge in [0, 0.05) is 17.8 Å². The Balaban J connectivity index is 1.41. The summed E-state index contributed by atoms with van der Waals surface area (Å²) in [4.78, 5) is 14.2. The highest BCUT2D eigenvalue weighted by Crippen LogP contribution is 2.23. The van der Waals surface area contributed by atoms with Crippen LogP contribution in [0.3, 0.4) is 0 Å². The number of nitrogens with zero attached hydrogens (tertiary/aromatic N) is 4. The summed E-state index contributed by atoms with van der Waals surface area (Å²) < 4.78 is 1.80. The Morgan fingerprint density at radius 2 is 1.72 bits per heavy atom. The first-order chi connectivity index (χ1) is 14.0. The quantitative estimate of drug-likeness (QED) is 0.516. The molecule has 7 nitrogen and oxygen atoms in total. The number of hydrogen-bond donors (Lipinski definition) is 1. The molecule has 8 heteroatoms. The van der Waals surface area contributed by atoms with Gasteiger partial charge in [-0.05, 0) is 31.2 Å². The van der Waals surface area contributed by atoms with Crippen LogP contribution in [0, 0.1) is 17.0 Å². The average molecular weight is 413 g/mol. The Morgan fingerprint density at radius 3 is 2.34 bits per heavy atom. The predicted octanol–water partition coefficient (Wildman–Crippen LogP) is 2.65. The molecule has 0 amide bonds. The van der Waals surface area contributed by atoms with Crippen molar-refractivity contribution < 1.29 is 9.82 Å². The van der Waals surface area contributed by atoms with Crippen molar-refractivity contribution in [2.24, 2.45) is 0 Å². The molecule has 0 spiro atoms. The molecule has 0 saturated carbocycles. The molecule has 2 aromatic carbocycles. The normalized spacial score (nSPS) is 14.9. The molecule has 1 aromatic heterocycles. The zero-order valence-electron chi connectivity index (χ0n) is 16.2. The monoisotopic (exact) mass is 412 g/mol. The van der Waals surface area contributed by atoms with Gasteiger partial charge in [-0.1, -0.05) is 29.8 Å². The summed E-state index contributed by atoms with van der Waals surface area (Å²) in [5, 5.41) is 16.1. The Hall–Kier alpha value is -2.90. The van der Waals surface area contributed by atoms with Crippen molar-refractivity contribution in [1.29, 1.82) is 0 Å². The largest absolute Gasteiger partial charge is 0.360 e. The fourth-order valence-corrected chi connectivity index (χ4v) is 4.10. The van der Waals surface area contributed by atoms with E-state index in [9.17, 15) is 10.1 Å². The summed E-state index contributed by atoms with van der Waals surface area (Å²) in [7, 11) is 0. The summed E-state index contributed by atoms with van der Waals surface area (Å²) >= 11 is 6.67. The van der Waals surface area contributed by atoms with E-state index < -0.39 is 0 Å². The van der Waals surface area contributed by atoms with E-state index in [1.54, 1.807) is 16.8 Å². The number of non-ortho nitro benzene ring substituents is 1. The molecule has 0 bridgehead atoms. The van der Waals surface area contributed by atoms with E-state index in [-0.39, 0.29) is 10.6 Å². The van der Waals surface area contributed by atoms with E-state index in [2.05, 4.69) is 10.00 Å². The lowest BCUT2D eigenvalue weighted by Crippen LogP contribution is -3.13. The van der Waals surface area contributed by atoms with Crippen molar-refractivity contribution in [1.82, 2.24) is 9.78 Å². The van der Waals surface area contributed by atoms with Gasteiger partial charge < -0.3 is 9.80 Å². The van der Waals surface area contributed by atoms with Crippen LogP contribution in [0.15, 0.2) is 54.6 Å². The standard InChI is InChI=1S/C21H22ClN5O2/c1-16-20(21(22)26(23-16)18-5-3-2-4-6-18)15-24-11-13-25(14-12-24)17-7-9-19(10-8-17)27(28)29/h2-10H,11-15H2,1H3/p+1. The number of hydrogen-bond acceptors (Lipinski definition) is 4. The third-order valence-corrected chi connectivity index (χ3v) is 5.83. The van der Waals surface area contributed by atoms with Crippen molar-refractivity contribution >= 4 is 23.0 Å². The van der Waals surface area contributed by atoms with E-state index >= 15 is 0 Å². The van der Waals surface area contributed by atoms with Gasteiger partial charge in [0.1, 0.15) is 11.7 Å². The lowest BCUT2D eigenvalue weighted by Gasteiger charge is -2.33. The molecule has 4 rings (SSSR count). The Bertz CT molecular complexity index is 996. The van der Waals surface area contributed by atoms with Gasteiger partial charge in [0.2, 0.25) is 0 Å². The van der Waals surface area contributed by atoms with E-state index in [1.165, 1.54) is 4.90 Å². The molecular weight excluding hydrogens is 390 g/mol. The molecular formula is C21H23ClN5O2+. The van der Waals surface area contributed by atoms with E-state index in [0.717, 1.165) is 55.4 Å². The van der Waals surface area contributed by atoms with Crippen molar-refractivity contribution in [3.8, 4) is 5.69 Å². The Morgan fingerprint density at radius 1 is 1.07 bits per heavy atom. The summed E-state index contributed by atoms with van der Waals surface area (Å²) in [6.07, 6.45) is 0. The number of nitrogens with one attached hydrogen (secondary N) is 1. The zero-order chi connectivity index (χ0) is 20.4. The number of benzene rings is 2. The van der Waals surface area contributed by atoms with E-state index in [4.69, 9.17) is 11.6 Å². The van der Waals surface area contributed by atoms with E-state index in [1.807, 2.05) is 49.4 Å². The molecule has 1 saturated heterocycles. The molecule has 1 aliphatic rings. The number of piperazine rings is 1. The van der Waals surface area contributed by atoms with Gasteiger partial charge >= 0.3 is 0 Å². The molecule has 3 aromatic rings. The highest BCUT2D eigenvalue weighted by molar-refractivity contribution is 6.30. The molecule has 1 aliphatic heterocycles. The molecule has 0 radical (unpaired) electrons. The van der Waals surface area contributed by atoms with Crippen LogP contribution in [0.5, 0.6) is 0 Å². The molecule has 1 fully saturated rings. The van der Waals surface area contributed by atoms with Crippen LogP contribution in [0.2, 0.25) is 5.15 Å². The number of aromatic nitrogens is 2. The van der Waals surface area contributed by atoms with Crippen molar-refractivity contribution in [3.63, 3.8) is 0 Å². The lowest BCUT2D eigenvalue weighted by atomic mass is 10.2. The van der Waals surface area contributed by atoms with Crippen LogP contribution in [-0.2, 0) is 6.54 Å². The number of nitro groups is 1. The highest BCUT2D eigenvalue weighted by Gasteiger charge is 2.24. The number of halogens is 1. The van der Waals surface area contributed by atoms with Gasteiger partial charge in [-0.2, -0.15) is 5.10 Å². The van der Waals surface area contributed by atoms with Crippen LogP contribution in [-0.4, -0.2) is 40.9 Å². The predicted molar refractivity (Wildman–Crippen MR) is 113 cm³/mol. The van der Waals surface area contributed by atoms with Gasteiger partial charge in [0.05, 0.1) is 48.0 Å². The first kappa shape index (κ1) is 19.4. The molecule has 2 heterocycles. The van der Waals surface area contributed by atoms with Crippen LogP contribution < -0.4 is 9.80 Å². The molecule has 0 unspecified atom stereocenters. The fourth-order valence-electron chi connectivity index (χ4n) is 3.77. The maximum absolute atomic E-state index is 10.8. The fraction of sp³-hybridized carbons (Fsp3) is 0.286. The van der Waals surface area contributed by atoms with Crippen LogP contribution in [0.4, 0.5) is 11.4 Å². The maximum Gasteiger partial charge on any atom is 0.269 e. The highest BCUT2D eigenvalue weighted by atomic mass is 35.5. The van der Waals surface area contributed by atoms with Gasteiger partial charge in [-0.15, -0.1) is 0 Å². The number of para-hydroxylation sites is 1. The summed E-state index contributed by atoms with van der Waals surface area (Å²) in [5.41, 5.74) is 4.17. The minimum absolute atomic E-state index is 0.124. The minimum atomic E-state index is -0.368. The summed E-state index contributed by atoms with van der Waals surface area (Å²) in [6, 6.07) is 16.7. The number of anilines is 1. The first-order valence-corrected chi connectivity index (χ1v) is 10.0. The second kappa shape index (κ2) is 8.23. The van der Waals surface area contributed by atoms with E-state index in [0.29, 0.717) is 5.15 Å². The Kier molecular flexibility index (Phi) is 5.51. The number of rotatable bonds is 5. The van der Waals surface area contributed by atoms with Gasteiger partial charge in [0.25, 0.3) is 5.69 Å². The van der Waals surface area contributed by atoms with Crippen LogP contribution in [0.1, 0.15) is 11.3 Å². The molecule has 1 N–H and O–H groups in total. The topological polar surface area (TPSA) is 68.6 Å². The van der Waals surface area contributed by atoms with Gasteiger partial charge in [0.15, 0.2) is 0 Å². The Labute approximate surface area is 174 Å². The second-order valence-corrected chi connectivity index (χ2v) is 7.65. The average Bonchev–Trinajstić information content (AvgIpc) is 3.03. The van der Waals surface area contributed by atoms with Crippen molar-refractivity contribution in [2.45, 2.75) is 13.5 Å². The van der Waals surface area contributed by atoms with Crippen LogP contribution >= 0.6 is 11.6 Å². The summed E-state index contributed by atoms with van der Waals surface area (Å²) in [5.74, 6) is 0. The SMILES string of the molecule is Cc1nn(-c2ccccc2)c(Cl)c1C[NH+]1CCN(c2ccc([N+](=O)[O-])cc2)CC1. The van der Waals surface area contributed by atoms with Crippen LogP contribution in [0.25, 0.3) is 5.69 Å². The molecule has 150 valence electrons. The number of nitro benzene ring substituents is 1. The van der Waals surface area contributed by atoms with Gasteiger partial charge in [-0.25, -0.2) is 4.68 Å². The molecule has 0 atom stereocenters. The molecule has 0 aliphatic carbocycles. The number of quaternary nitrogens is 1. The minimum Gasteiger partial charge on any atom is -0.360 e. The first-order valence-electron chi connectivity index (χ1n) is 9.65. The third kappa shape index (κ3) is 4.11. The second-order valence-electron chi connectivity index (χ2n) is 7.29. The maximum atomic E-state index is 10.8. The molecule has 29 heavy (non-hydrogen) atoms. The zero-order valence-corrected chi connectivity index (χ0v) is 17.0. The van der Waals surface area contributed by atoms with Gasteiger partial charge in [-0.3, -0.25) is 10.1 Å². The summed E-state index contributed by atoms with van der Waals surface area (Å²) in [6.45, 7) is 6.60.